The number of benzene rings is 1. The number of rotatable bonds is 3. The second-order valence-corrected chi connectivity index (χ2v) is 3.14. The smallest absolute Gasteiger partial charge is 0.0926 e. The van der Waals surface area contributed by atoms with Crippen molar-refractivity contribution in [1.29, 1.82) is 0 Å². The van der Waals surface area contributed by atoms with Gasteiger partial charge in [0.25, 0.3) is 0 Å². The van der Waals surface area contributed by atoms with Crippen molar-refractivity contribution in [3.05, 3.63) is 34.9 Å². The zero-order valence-corrected chi connectivity index (χ0v) is 8.98. The van der Waals surface area contributed by atoms with Crippen LogP contribution in [0.25, 0.3) is 6.08 Å². The Labute approximate surface area is 93.1 Å². The predicted octanol–water partition coefficient (Wildman–Crippen LogP) is 3.05. The van der Waals surface area contributed by atoms with Gasteiger partial charge in [0, 0.05) is 6.54 Å². The monoisotopic (exact) mass is 224 g/mol. The average molecular weight is 225 g/mol. The highest BCUT2D eigenvalue weighted by atomic mass is 35.5. The minimum Gasteiger partial charge on any atom is -0.327 e. The van der Waals surface area contributed by atoms with Gasteiger partial charge in [-0.15, -0.1) is 0 Å². The summed E-state index contributed by atoms with van der Waals surface area (Å²) in [4.78, 5) is 3.81. The molecule has 0 spiro atoms. The summed E-state index contributed by atoms with van der Waals surface area (Å²) in [6, 6.07) is 5.49. The van der Waals surface area contributed by atoms with Crippen LogP contribution in [-0.4, -0.2) is 11.7 Å². The minimum atomic E-state index is 0.511. The number of hydrogen-bond acceptors (Lipinski definition) is 3. The topological polar surface area (TPSA) is 38.4 Å². The van der Waals surface area contributed by atoms with Crippen LogP contribution in [-0.2, 0) is 0 Å². The molecule has 72 valence electrons. The lowest BCUT2D eigenvalue weighted by atomic mass is 10.2. The van der Waals surface area contributed by atoms with E-state index in [0.29, 0.717) is 17.3 Å². The van der Waals surface area contributed by atoms with Crippen LogP contribution >= 0.6 is 23.8 Å². The largest absolute Gasteiger partial charge is 0.327 e. The lowest BCUT2D eigenvalue weighted by Gasteiger charge is -1.97. The SMILES string of the molecule is NCC=Cc1ccc(N=C=S)c(Cl)c1. The first-order chi connectivity index (χ1) is 6.77. The number of halogens is 1. The van der Waals surface area contributed by atoms with Crippen LogP contribution in [0.5, 0.6) is 0 Å². The van der Waals surface area contributed by atoms with Gasteiger partial charge >= 0.3 is 0 Å². The second kappa shape index (κ2) is 5.68. The number of hydrogen-bond donors (Lipinski definition) is 1. The van der Waals surface area contributed by atoms with Crippen LogP contribution in [0.4, 0.5) is 5.69 Å². The van der Waals surface area contributed by atoms with Crippen molar-refractivity contribution in [3.8, 4) is 0 Å². The van der Waals surface area contributed by atoms with E-state index in [0.717, 1.165) is 5.56 Å². The Hall–Kier alpha value is -0.990. The Morgan fingerprint density at radius 2 is 2.36 bits per heavy atom. The van der Waals surface area contributed by atoms with Crippen LogP contribution in [0, 0.1) is 0 Å². The predicted molar refractivity (Wildman–Crippen MR) is 64.2 cm³/mol. The number of thiocarbonyl (C=S) groups is 1. The molecule has 0 heterocycles. The molecule has 0 amide bonds. The third-order valence-corrected chi connectivity index (χ3v) is 1.98. The highest BCUT2D eigenvalue weighted by molar-refractivity contribution is 7.78. The molecule has 0 saturated heterocycles. The minimum absolute atomic E-state index is 0.511. The summed E-state index contributed by atoms with van der Waals surface area (Å²) in [6.07, 6.45) is 3.75. The molecule has 0 atom stereocenters. The van der Waals surface area contributed by atoms with Crippen LogP contribution in [0.1, 0.15) is 5.56 Å². The Bertz CT molecular complexity index is 395. The first-order valence-corrected chi connectivity index (χ1v) is 4.80. The van der Waals surface area contributed by atoms with E-state index in [4.69, 9.17) is 17.3 Å². The second-order valence-electron chi connectivity index (χ2n) is 2.55. The van der Waals surface area contributed by atoms with Gasteiger partial charge in [-0.2, -0.15) is 4.99 Å². The van der Waals surface area contributed by atoms with Gasteiger partial charge in [0.15, 0.2) is 0 Å². The fourth-order valence-electron chi connectivity index (χ4n) is 0.971. The lowest BCUT2D eigenvalue weighted by molar-refractivity contribution is 1.26. The molecule has 0 saturated carbocycles. The molecule has 4 heteroatoms. The van der Waals surface area contributed by atoms with Crippen molar-refractivity contribution >= 4 is 40.7 Å². The van der Waals surface area contributed by atoms with Gasteiger partial charge in [0.05, 0.1) is 15.9 Å². The molecule has 1 aromatic carbocycles. The van der Waals surface area contributed by atoms with E-state index in [1.54, 1.807) is 12.1 Å². The maximum absolute atomic E-state index is 5.94. The van der Waals surface area contributed by atoms with Gasteiger partial charge in [-0.05, 0) is 29.9 Å². The summed E-state index contributed by atoms with van der Waals surface area (Å²) in [5.74, 6) is 0. The summed E-state index contributed by atoms with van der Waals surface area (Å²) in [7, 11) is 0. The zero-order valence-electron chi connectivity index (χ0n) is 7.40. The molecule has 0 bridgehead atoms. The Balaban J connectivity index is 3.00. The molecule has 0 aliphatic carbocycles. The van der Waals surface area contributed by atoms with E-state index >= 15 is 0 Å². The third kappa shape index (κ3) is 3.05. The fourth-order valence-corrected chi connectivity index (χ4v) is 1.30. The van der Waals surface area contributed by atoms with Crippen LogP contribution in [0.15, 0.2) is 29.3 Å². The van der Waals surface area contributed by atoms with Crippen LogP contribution in [0.3, 0.4) is 0 Å². The highest BCUT2D eigenvalue weighted by Gasteiger charge is 1.97. The summed E-state index contributed by atoms with van der Waals surface area (Å²) in [5, 5.41) is 2.83. The van der Waals surface area contributed by atoms with Crippen LogP contribution in [0.2, 0.25) is 5.02 Å². The van der Waals surface area contributed by atoms with Crippen molar-refractivity contribution in [1.82, 2.24) is 0 Å². The Morgan fingerprint density at radius 1 is 1.57 bits per heavy atom. The summed E-state index contributed by atoms with van der Waals surface area (Å²) in [6.45, 7) is 0.511. The zero-order chi connectivity index (χ0) is 10.4. The van der Waals surface area contributed by atoms with E-state index < -0.39 is 0 Å². The molecule has 0 aliphatic heterocycles. The van der Waals surface area contributed by atoms with Crippen molar-refractivity contribution in [3.63, 3.8) is 0 Å². The molecule has 0 aliphatic rings. The molecule has 0 unspecified atom stereocenters. The molecule has 2 N–H and O–H groups in total. The number of nitrogens with two attached hydrogens (primary N) is 1. The van der Waals surface area contributed by atoms with E-state index in [-0.39, 0.29) is 0 Å². The van der Waals surface area contributed by atoms with E-state index in [2.05, 4.69) is 22.4 Å². The number of aliphatic imine (C=N–C) groups is 1. The van der Waals surface area contributed by atoms with Crippen LogP contribution < -0.4 is 5.73 Å². The van der Waals surface area contributed by atoms with E-state index in [1.807, 2.05) is 18.2 Å². The summed E-state index contributed by atoms with van der Waals surface area (Å²) >= 11 is 10.4. The van der Waals surface area contributed by atoms with E-state index in [1.165, 1.54) is 0 Å². The molecular formula is C10H9ClN2S. The van der Waals surface area contributed by atoms with E-state index in [9.17, 15) is 0 Å². The molecular weight excluding hydrogens is 216 g/mol. The average Bonchev–Trinajstić information content (AvgIpc) is 2.19. The van der Waals surface area contributed by atoms with Crippen molar-refractivity contribution in [2.24, 2.45) is 10.7 Å². The maximum atomic E-state index is 5.94. The Morgan fingerprint density at radius 3 is 2.93 bits per heavy atom. The van der Waals surface area contributed by atoms with Gasteiger partial charge < -0.3 is 5.73 Å². The van der Waals surface area contributed by atoms with Gasteiger partial charge in [0.2, 0.25) is 0 Å². The first-order valence-electron chi connectivity index (χ1n) is 4.02. The van der Waals surface area contributed by atoms with Crippen molar-refractivity contribution in [2.75, 3.05) is 6.54 Å². The first kappa shape index (κ1) is 11.1. The van der Waals surface area contributed by atoms with Gasteiger partial charge in [-0.3, -0.25) is 0 Å². The molecule has 1 rings (SSSR count). The molecule has 0 fully saturated rings. The summed E-state index contributed by atoms with van der Waals surface area (Å²) < 4.78 is 0. The van der Waals surface area contributed by atoms with Gasteiger partial charge in [-0.25, -0.2) is 0 Å². The molecule has 1 aromatic rings. The molecule has 0 radical (unpaired) electrons. The highest BCUT2D eigenvalue weighted by Crippen LogP contribution is 2.25. The number of isothiocyanates is 1. The molecule has 14 heavy (non-hydrogen) atoms. The summed E-state index contributed by atoms with van der Waals surface area (Å²) in [5.41, 5.74) is 6.95. The third-order valence-electron chi connectivity index (χ3n) is 1.58. The molecule has 2 nitrogen and oxygen atoms in total. The lowest BCUT2D eigenvalue weighted by Crippen LogP contribution is -1.91. The quantitative estimate of drug-likeness (QED) is 0.633. The van der Waals surface area contributed by atoms with Gasteiger partial charge in [0.1, 0.15) is 0 Å². The Kier molecular flexibility index (Phi) is 4.50. The molecule has 0 aromatic heterocycles. The number of nitrogens with zero attached hydrogens (tertiary/aromatic N) is 1. The van der Waals surface area contributed by atoms with Crippen molar-refractivity contribution in [2.45, 2.75) is 0 Å². The fraction of sp³-hybridized carbons (Fsp3) is 0.100. The maximum Gasteiger partial charge on any atom is 0.0926 e. The van der Waals surface area contributed by atoms with Crippen molar-refractivity contribution < 1.29 is 0 Å². The normalized spacial score (nSPS) is 10.1. The van der Waals surface area contributed by atoms with Gasteiger partial charge in [-0.1, -0.05) is 29.8 Å². The standard InChI is InChI=1S/C10H9ClN2S/c11-9-6-8(2-1-5-12)3-4-10(9)13-7-14/h1-4,6H,5,12H2.